The van der Waals surface area contributed by atoms with Crippen molar-refractivity contribution in [1.29, 1.82) is 0 Å². The Morgan fingerprint density at radius 3 is 1.90 bits per heavy atom. The molecule has 0 aliphatic rings. The smallest absolute Gasteiger partial charge is 0.457 e. The molecule has 0 saturated heterocycles. The van der Waals surface area contributed by atoms with E-state index in [9.17, 15) is 31.4 Å². The number of rotatable bonds is 3. The van der Waals surface area contributed by atoms with E-state index in [2.05, 4.69) is 4.42 Å². The average molecular weight is 310 g/mol. The maximum absolute atomic E-state index is 13.8. The molecule has 1 N–H and O–H groups in total. The van der Waals surface area contributed by atoms with Crippen LogP contribution in [-0.2, 0) is 5.60 Å². The molecule has 1 aromatic heterocycles. The second-order valence-corrected chi connectivity index (χ2v) is 4.27. The van der Waals surface area contributed by atoms with Gasteiger partial charge in [-0.25, -0.2) is 4.39 Å². The Labute approximate surface area is 114 Å². The number of furan rings is 1. The van der Waals surface area contributed by atoms with E-state index >= 15 is 0 Å². The molecule has 2 aromatic rings. The standard InChI is InChI=1S/C13H8F6O2/c14-9-5-3-8(4-6-9)11(20,10-2-1-7-21-10)12(15,16)13(17,18)19/h1-7,20H. The molecular weight excluding hydrogens is 302 g/mol. The number of aliphatic hydroxyl groups is 1. The number of hydrogen-bond acceptors (Lipinski definition) is 2. The molecule has 114 valence electrons. The molecule has 1 atom stereocenters. The van der Waals surface area contributed by atoms with Crippen LogP contribution in [0, 0.1) is 5.82 Å². The van der Waals surface area contributed by atoms with Crippen LogP contribution >= 0.6 is 0 Å². The van der Waals surface area contributed by atoms with Crippen LogP contribution in [0.4, 0.5) is 26.3 Å². The second kappa shape index (κ2) is 4.80. The van der Waals surface area contributed by atoms with Crippen LogP contribution in [0.5, 0.6) is 0 Å². The minimum absolute atomic E-state index is 0.636. The van der Waals surface area contributed by atoms with Gasteiger partial charge in [-0.05, 0) is 29.8 Å². The minimum Gasteiger partial charge on any atom is -0.466 e. The summed E-state index contributed by atoms with van der Waals surface area (Å²) < 4.78 is 83.0. The molecule has 2 rings (SSSR count). The average Bonchev–Trinajstić information content (AvgIpc) is 2.91. The maximum Gasteiger partial charge on any atom is 0.457 e. The molecule has 0 spiro atoms. The molecule has 8 heteroatoms. The van der Waals surface area contributed by atoms with Gasteiger partial charge >= 0.3 is 12.1 Å². The summed E-state index contributed by atoms with van der Waals surface area (Å²) in [7, 11) is 0. The molecule has 0 bridgehead atoms. The van der Waals surface area contributed by atoms with Crippen LogP contribution < -0.4 is 0 Å². The summed E-state index contributed by atoms with van der Waals surface area (Å²) in [4.78, 5) is 0. The van der Waals surface area contributed by atoms with Crippen LogP contribution in [-0.4, -0.2) is 17.2 Å². The zero-order chi connectivity index (χ0) is 15.9. The molecule has 0 saturated carbocycles. The van der Waals surface area contributed by atoms with Gasteiger partial charge in [-0.2, -0.15) is 22.0 Å². The molecule has 0 aliphatic carbocycles. The lowest BCUT2D eigenvalue weighted by Crippen LogP contribution is -2.55. The zero-order valence-electron chi connectivity index (χ0n) is 10.2. The number of hydrogen-bond donors (Lipinski definition) is 1. The summed E-state index contributed by atoms with van der Waals surface area (Å²) in [6, 6.07) is 4.43. The molecule has 1 unspecified atom stereocenters. The third kappa shape index (κ3) is 2.29. The van der Waals surface area contributed by atoms with Crippen molar-refractivity contribution in [1.82, 2.24) is 0 Å². The third-order valence-corrected chi connectivity index (χ3v) is 2.95. The van der Waals surface area contributed by atoms with Gasteiger partial charge in [0.1, 0.15) is 11.6 Å². The first-order chi connectivity index (χ1) is 9.60. The van der Waals surface area contributed by atoms with E-state index in [0.29, 0.717) is 24.3 Å². The van der Waals surface area contributed by atoms with Crippen molar-refractivity contribution in [2.24, 2.45) is 0 Å². The lowest BCUT2D eigenvalue weighted by Gasteiger charge is -2.35. The highest BCUT2D eigenvalue weighted by atomic mass is 19.4. The van der Waals surface area contributed by atoms with E-state index in [-0.39, 0.29) is 0 Å². The van der Waals surface area contributed by atoms with Crippen LogP contribution in [0.2, 0.25) is 0 Å². The van der Waals surface area contributed by atoms with Gasteiger partial charge in [0.05, 0.1) is 6.26 Å². The largest absolute Gasteiger partial charge is 0.466 e. The van der Waals surface area contributed by atoms with Gasteiger partial charge in [-0.1, -0.05) is 12.1 Å². The Balaban J connectivity index is 2.69. The summed E-state index contributed by atoms with van der Waals surface area (Å²) in [5, 5.41) is 10.1. The zero-order valence-corrected chi connectivity index (χ0v) is 10.2. The second-order valence-electron chi connectivity index (χ2n) is 4.27. The minimum atomic E-state index is -6.04. The van der Waals surface area contributed by atoms with Crippen LogP contribution in [0.25, 0.3) is 0 Å². The molecular formula is C13H8F6O2. The van der Waals surface area contributed by atoms with Gasteiger partial charge in [0.15, 0.2) is 0 Å². The Hall–Kier alpha value is -1.96. The fourth-order valence-electron chi connectivity index (χ4n) is 1.86. The molecule has 0 amide bonds. The monoisotopic (exact) mass is 310 g/mol. The molecule has 21 heavy (non-hydrogen) atoms. The van der Waals surface area contributed by atoms with E-state index in [4.69, 9.17) is 0 Å². The molecule has 1 heterocycles. The molecule has 0 fully saturated rings. The Bertz CT molecular complexity index is 603. The molecule has 1 aromatic carbocycles. The Morgan fingerprint density at radius 1 is 0.905 bits per heavy atom. The van der Waals surface area contributed by atoms with Crippen molar-refractivity contribution < 1.29 is 35.9 Å². The first kappa shape index (κ1) is 15.4. The lowest BCUT2D eigenvalue weighted by molar-refractivity contribution is -0.339. The molecule has 0 aliphatic heterocycles. The van der Waals surface area contributed by atoms with Crippen LogP contribution in [0.1, 0.15) is 11.3 Å². The molecule has 0 radical (unpaired) electrons. The predicted octanol–water partition coefficient (Wildman–Crippen LogP) is 3.85. The Morgan fingerprint density at radius 2 is 1.48 bits per heavy atom. The number of benzene rings is 1. The number of halogens is 6. The summed E-state index contributed by atoms with van der Waals surface area (Å²) >= 11 is 0. The van der Waals surface area contributed by atoms with E-state index in [0.717, 1.165) is 18.4 Å². The van der Waals surface area contributed by atoms with Crippen molar-refractivity contribution in [2.75, 3.05) is 0 Å². The maximum atomic E-state index is 13.8. The van der Waals surface area contributed by atoms with Crippen molar-refractivity contribution in [3.05, 3.63) is 59.8 Å². The quantitative estimate of drug-likeness (QED) is 0.874. The van der Waals surface area contributed by atoms with E-state index in [1.165, 1.54) is 0 Å². The van der Waals surface area contributed by atoms with Gasteiger partial charge in [0, 0.05) is 0 Å². The van der Waals surface area contributed by atoms with Crippen molar-refractivity contribution >= 4 is 0 Å². The van der Waals surface area contributed by atoms with Gasteiger partial charge in [0.2, 0.25) is 5.60 Å². The summed E-state index contributed by atoms with van der Waals surface area (Å²) in [6.45, 7) is 0. The first-order valence-corrected chi connectivity index (χ1v) is 5.57. The highest BCUT2D eigenvalue weighted by Crippen LogP contribution is 2.51. The normalized spacial score (nSPS) is 15.8. The van der Waals surface area contributed by atoms with E-state index in [1.807, 2.05) is 0 Å². The highest BCUT2D eigenvalue weighted by Gasteiger charge is 2.72. The predicted molar refractivity (Wildman–Crippen MR) is 59.1 cm³/mol. The topological polar surface area (TPSA) is 33.4 Å². The molecule has 2 nitrogen and oxygen atoms in total. The first-order valence-electron chi connectivity index (χ1n) is 5.57. The van der Waals surface area contributed by atoms with E-state index in [1.54, 1.807) is 0 Å². The van der Waals surface area contributed by atoms with Gasteiger partial charge in [-0.3, -0.25) is 0 Å². The number of alkyl halides is 5. The van der Waals surface area contributed by atoms with E-state index < -0.39 is 34.8 Å². The third-order valence-electron chi connectivity index (χ3n) is 2.95. The fourth-order valence-corrected chi connectivity index (χ4v) is 1.86. The van der Waals surface area contributed by atoms with Gasteiger partial charge in [-0.15, -0.1) is 0 Å². The summed E-state index contributed by atoms with van der Waals surface area (Å²) in [6.07, 6.45) is -5.20. The van der Waals surface area contributed by atoms with Crippen molar-refractivity contribution in [3.63, 3.8) is 0 Å². The summed E-state index contributed by atoms with van der Waals surface area (Å²) in [5.74, 6) is -7.40. The fraction of sp³-hybridized carbons (Fsp3) is 0.231. The Kier molecular flexibility index (Phi) is 3.53. The van der Waals surface area contributed by atoms with Crippen LogP contribution in [0.15, 0.2) is 47.1 Å². The SMILES string of the molecule is OC(c1ccc(F)cc1)(c1ccco1)C(F)(F)C(F)(F)F. The lowest BCUT2D eigenvalue weighted by atomic mass is 9.84. The van der Waals surface area contributed by atoms with Crippen molar-refractivity contribution in [2.45, 2.75) is 17.7 Å². The van der Waals surface area contributed by atoms with Crippen molar-refractivity contribution in [3.8, 4) is 0 Å². The van der Waals surface area contributed by atoms with Gasteiger partial charge in [0.25, 0.3) is 0 Å². The van der Waals surface area contributed by atoms with Crippen LogP contribution in [0.3, 0.4) is 0 Å². The summed E-state index contributed by atoms with van der Waals surface area (Å²) in [5.41, 5.74) is -4.65. The highest BCUT2D eigenvalue weighted by molar-refractivity contribution is 5.35. The van der Waals surface area contributed by atoms with Gasteiger partial charge < -0.3 is 9.52 Å².